The van der Waals surface area contributed by atoms with E-state index in [0.717, 1.165) is 24.0 Å². The fourth-order valence-corrected chi connectivity index (χ4v) is 3.61. The Balaban J connectivity index is 1.52. The zero-order valence-electron chi connectivity index (χ0n) is 17.7. The molecule has 0 saturated carbocycles. The maximum Gasteiger partial charge on any atom is 0.252 e. The third-order valence-electron chi connectivity index (χ3n) is 5.15. The van der Waals surface area contributed by atoms with Crippen LogP contribution in [0.5, 0.6) is 0 Å². The first kappa shape index (κ1) is 22.4. The van der Waals surface area contributed by atoms with Gasteiger partial charge in [0.15, 0.2) is 0 Å². The average Bonchev–Trinajstić information content (AvgIpc) is 2.77. The number of nitrogens with zero attached hydrogens (tertiary/aromatic N) is 2. The minimum atomic E-state index is -0.680. The van der Waals surface area contributed by atoms with Crippen molar-refractivity contribution in [2.24, 2.45) is 11.5 Å². The van der Waals surface area contributed by atoms with Crippen molar-refractivity contribution in [2.75, 3.05) is 35.2 Å². The van der Waals surface area contributed by atoms with Crippen molar-refractivity contribution < 1.29 is 18.3 Å². The van der Waals surface area contributed by atoms with Gasteiger partial charge in [-0.3, -0.25) is 4.79 Å². The molecule has 1 aromatic heterocycles. The SMILES string of the molecule is NC(=O)c1cnc(Nc2cccc(N3CCOC(N)C3)c2)cc1NCc1cc(F)cc(F)c1. The number of amides is 1. The van der Waals surface area contributed by atoms with Crippen LogP contribution in [0.2, 0.25) is 0 Å². The summed E-state index contributed by atoms with van der Waals surface area (Å²) in [5.74, 6) is -1.57. The second-order valence-corrected chi connectivity index (χ2v) is 7.64. The van der Waals surface area contributed by atoms with Gasteiger partial charge in [-0.25, -0.2) is 13.8 Å². The number of carbonyl (C=O) groups excluding carboxylic acids is 1. The van der Waals surface area contributed by atoms with E-state index < -0.39 is 17.5 Å². The molecular weight excluding hydrogens is 430 g/mol. The van der Waals surface area contributed by atoms with Crippen LogP contribution in [0.25, 0.3) is 0 Å². The minimum absolute atomic E-state index is 0.0885. The average molecular weight is 454 g/mol. The van der Waals surface area contributed by atoms with Gasteiger partial charge < -0.3 is 31.7 Å². The van der Waals surface area contributed by atoms with Crippen LogP contribution < -0.4 is 27.0 Å². The molecule has 2 aromatic carbocycles. The Morgan fingerprint density at radius 2 is 1.97 bits per heavy atom. The molecule has 1 atom stereocenters. The van der Waals surface area contributed by atoms with Crippen LogP contribution in [0, 0.1) is 11.6 Å². The van der Waals surface area contributed by atoms with Crippen LogP contribution in [0.4, 0.5) is 31.7 Å². The first-order valence-electron chi connectivity index (χ1n) is 10.4. The van der Waals surface area contributed by atoms with E-state index in [1.165, 1.54) is 18.3 Å². The van der Waals surface area contributed by atoms with Crippen LogP contribution in [-0.2, 0) is 11.3 Å². The number of primary amides is 1. The van der Waals surface area contributed by atoms with Crippen molar-refractivity contribution in [1.29, 1.82) is 0 Å². The van der Waals surface area contributed by atoms with Crippen LogP contribution in [0.3, 0.4) is 0 Å². The number of carbonyl (C=O) groups is 1. The van der Waals surface area contributed by atoms with Crippen molar-refractivity contribution in [3.8, 4) is 0 Å². The Morgan fingerprint density at radius 3 is 2.70 bits per heavy atom. The molecule has 10 heteroatoms. The van der Waals surface area contributed by atoms with Crippen LogP contribution >= 0.6 is 0 Å². The van der Waals surface area contributed by atoms with Crippen molar-refractivity contribution >= 4 is 28.8 Å². The number of halogens is 2. The van der Waals surface area contributed by atoms with Gasteiger partial charge in [-0.1, -0.05) is 6.07 Å². The summed E-state index contributed by atoms with van der Waals surface area (Å²) in [6, 6.07) is 12.6. The highest BCUT2D eigenvalue weighted by molar-refractivity contribution is 5.98. The predicted octanol–water partition coefficient (Wildman–Crippen LogP) is 2.94. The number of hydrogen-bond donors (Lipinski definition) is 4. The summed E-state index contributed by atoms with van der Waals surface area (Å²) >= 11 is 0. The summed E-state index contributed by atoms with van der Waals surface area (Å²) in [6.07, 6.45) is 1.02. The smallest absolute Gasteiger partial charge is 0.252 e. The second-order valence-electron chi connectivity index (χ2n) is 7.64. The molecule has 2 heterocycles. The van der Waals surface area contributed by atoms with Gasteiger partial charge in [0.25, 0.3) is 5.91 Å². The molecule has 0 radical (unpaired) electrons. The van der Waals surface area contributed by atoms with E-state index in [4.69, 9.17) is 16.2 Å². The molecular formula is C23H24F2N6O2. The Labute approximate surface area is 189 Å². The molecule has 1 aliphatic rings. The molecule has 3 aromatic rings. The van der Waals surface area contributed by atoms with Crippen LogP contribution in [-0.4, -0.2) is 36.8 Å². The number of rotatable bonds is 7. The normalized spacial score (nSPS) is 15.8. The van der Waals surface area contributed by atoms with Crippen LogP contribution in [0.15, 0.2) is 54.7 Å². The highest BCUT2D eigenvalue weighted by Crippen LogP contribution is 2.26. The molecule has 1 amide bonds. The number of pyridine rings is 1. The molecule has 0 bridgehead atoms. The van der Waals surface area contributed by atoms with Gasteiger partial charge >= 0.3 is 0 Å². The highest BCUT2D eigenvalue weighted by Gasteiger charge is 2.18. The molecule has 1 saturated heterocycles. The summed E-state index contributed by atoms with van der Waals surface area (Å²) in [6.45, 7) is 1.96. The maximum absolute atomic E-state index is 13.5. The third kappa shape index (κ3) is 5.73. The molecule has 4 rings (SSSR count). The number of aromatic nitrogens is 1. The Morgan fingerprint density at radius 1 is 1.18 bits per heavy atom. The fraction of sp³-hybridized carbons (Fsp3) is 0.217. The number of benzene rings is 2. The van der Waals surface area contributed by atoms with E-state index in [-0.39, 0.29) is 18.3 Å². The quantitative estimate of drug-likeness (QED) is 0.433. The zero-order valence-corrected chi connectivity index (χ0v) is 17.7. The topological polar surface area (TPSA) is 119 Å². The predicted molar refractivity (Wildman–Crippen MR) is 122 cm³/mol. The standard InChI is InChI=1S/C23H24F2N6O2/c24-15-6-14(7-16(25)8-15)11-28-20-10-22(29-12-19(20)23(27)32)30-17-2-1-3-18(9-17)31-4-5-33-21(26)13-31/h1-3,6-10,12,21H,4-5,11,13,26H2,(H2,27,32)(H2,28,29,30). The number of morpholine rings is 1. The van der Waals surface area contributed by atoms with Gasteiger partial charge in [0.1, 0.15) is 23.7 Å². The van der Waals surface area contributed by atoms with Gasteiger partial charge in [-0.05, 0) is 35.9 Å². The Bertz CT molecular complexity index is 1140. The number of anilines is 4. The summed E-state index contributed by atoms with van der Waals surface area (Å²) in [5, 5.41) is 6.21. The Hall–Kier alpha value is -3.76. The molecule has 1 fully saturated rings. The van der Waals surface area contributed by atoms with E-state index >= 15 is 0 Å². The number of ether oxygens (including phenoxy) is 1. The zero-order chi connectivity index (χ0) is 23.4. The minimum Gasteiger partial charge on any atom is -0.380 e. The van der Waals surface area contributed by atoms with Gasteiger partial charge in [0.2, 0.25) is 0 Å². The highest BCUT2D eigenvalue weighted by atomic mass is 19.1. The number of nitrogens with one attached hydrogen (secondary N) is 2. The molecule has 8 nitrogen and oxygen atoms in total. The number of nitrogens with two attached hydrogens (primary N) is 2. The van der Waals surface area contributed by atoms with E-state index in [1.54, 1.807) is 6.07 Å². The van der Waals surface area contributed by atoms with Crippen LogP contribution in [0.1, 0.15) is 15.9 Å². The van der Waals surface area contributed by atoms with E-state index in [9.17, 15) is 13.6 Å². The lowest BCUT2D eigenvalue weighted by Crippen LogP contribution is -2.46. The molecule has 33 heavy (non-hydrogen) atoms. The largest absolute Gasteiger partial charge is 0.380 e. The van der Waals surface area contributed by atoms with Crippen molar-refractivity contribution in [2.45, 2.75) is 12.8 Å². The van der Waals surface area contributed by atoms with Crippen molar-refractivity contribution in [1.82, 2.24) is 4.98 Å². The number of hydrogen-bond acceptors (Lipinski definition) is 7. The second kappa shape index (κ2) is 9.80. The monoisotopic (exact) mass is 454 g/mol. The summed E-state index contributed by atoms with van der Waals surface area (Å²) in [7, 11) is 0. The maximum atomic E-state index is 13.5. The van der Waals surface area contributed by atoms with E-state index in [1.807, 2.05) is 24.3 Å². The lowest BCUT2D eigenvalue weighted by atomic mass is 10.1. The van der Waals surface area contributed by atoms with Gasteiger partial charge in [-0.15, -0.1) is 0 Å². The summed E-state index contributed by atoms with van der Waals surface area (Å²) in [4.78, 5) is 18.2. The summed E-state index contributed by atoms with van der Waals surface area (Å²) < 4.78 is 32.3. The van der Waals surface area contributed by atoms with Gasteiger partial charge in [0, 0.05) is 42.8 Å². The molecule has 6 N–H and O–H groups in total. The molecule has 172 valence electrons. The Kier molecular flexibility index (Phi) is 6.66. The lowest BCUT2D eigenvalue weighted by Gasteiger charge is -2.32. The summed E-state index contributed by atoms with van der Waals surface area (Å²) in [5.41, 5.74) is 14.1. The van der Waals surface area contributed by atoms with Gasteiger partial charge in [0.05, 0.1) is 24.4 Å². The fourth-order valence-electron chi connectivity index (χ4n) is 3.61. The van der Waals surface area contributed by atoms with E-state index in [0.29, 0.717) is 30.2 Å². The molecule has 1 unspecified atom stereocenters. The molecule has 1 aliphatic heterocycles. The first-order chi connectivity index (χ1) is 15.9. The third-order valence-corrected chi connectivity index (χ3v) is 5.15. The first-order valence-corrected chi connectivity index (χ1v) is 10.4. The van der Waals surface area contributed by atoms with Gasteiger partial charge in [-0.2, -0.15) is 0 Å². The molecule has 0 aliphatic carbocycles. The van der Waals surface area contributed by atoms with Crippen molar-refractivity contribution in [3.05, 3.63) is 77.5 Å². The van der Waals surface area contributed by atoms with Crippen molar-refractivity contribution in [3.63, 3.8) is 0 Å². The molecule has 0 spiro atoms. The lowest BCUT2D eigenvalue weighted by molar-refractivity contribution is 0.0451. The van der Waals surface area contributed by atoms with E-state index in [2.05, 4.69) is 20.5 Å².